The van der Waals surface area contributed by atoms with E-state index in [9.17, 15) is 14.7 Å². The summed E-state index contributed by atoms with van der Waals surface area (Å²) in [6.45, 7) is 6.52. The van der Waals surface area contributed by atoms with E-state index in [1.54, 1.807) is 11.0 Å². The van der Waals surface area contributed by atoms with Crippen molar-refractivity contribution in [3.8, 4) is 5.75 Å². The van der Waals surface area contributed by atoms with Gasteiger partial charge in [-0.15, -0.1) is 0 Å². The number of aliphatic hydroxyl groups excluding tert-OH is 1. The number of ketones is 1. The largest absolute Gasteiger partial charge is 0.503 e. The van der Waals surface area contributed by atoms with Crippen LogP contribution in [-0.4, -0.2) is 72.6 Å². The number of rotatable bonds is 9. The standard InChI is InChI=1S/C24H28N2O6/c1-2-13-31-18-7-5-17(6-8-18)21-20(22(27)19-4-3-14-32-19)23(28)24(29)26(21)10-9-25-11-15-30-16-12-25/h3-8,14,21,28H,2,9-13,15-16H2,1H3. The minimum absolute atomic E-state index is 0.0363. The van der Waals surface area contributed by atoms with Gasteiger partial charge in [0.05, 0.1) is 37.7 Å². The molecule has 1 saturated heterocycles. The Kier molecular flexibility index (Phi) is 6.92. The molecule has 2 aliphatic heterocycles. The summed E-state index contributed by atoms with van der Waals surface area (Å²) >= 11 is 0. The number of Topliss-reactive ketones (excluding diaryl/α,β-unsaturated/α-hetero) is 1. The summed E-state index contributed by atoms with van der Waals surface area (Å²) in [5.41, 5.74) is 0.761. The average molecular weight is 440 g/mol. The fourth-order valence-corrected chi connectivity index (χ4v) is 4.04. The van der Waals surface area contributed by atoms with Gasteiger partial charge in [-0.3, -0.25) is 14.5 Å². The molecule has 0 bridgehead atoms. The van der Waals surface area contributed by atoms with Crippen LogP contribution in [0.25, 0.3) is 0 Å². The third-order valence-electron chi connectivity index (χ3n) is 5.72. The minimum Gasteiger partial charge on any atom is -0.503 e. The van der Waals surface area contributed by atoms with Crippen LogP contribution in [0.2, 0.25) is 0 Å². The number of amides is 1. The first-order chi connectivity index (χ1) is 15.6. The predicted molar refractivity (Wildman–Crippen MR) is 117 cm³/mol. The number of furan rings is 1. The van der Waals surface area contributed by atoms with E-state index in [1.165, 1.54) is 12.3 Å². The van der Waals surface area contributed by atoms with Gasteiger partial charge in [0.15, 0.2) is 11.5 Å². The first-order valence-electron chi connectivity index (χ1n) is 10.9. The number of morpholine rings is 1. The quantitative estimate of drug-likeness (QED) is 0.599. The number of benzene rings is 1. The van der Waals surface area contributed by atoms with E-state index in [2.05, 4.69) is 4.90 Å². The summed E-state index contributed by atoms with van der Waals surface area (Å²) in [6, 6.07) is 9.73. The van der Waals surface area contributed by atoms with Crippen molar-refractivity contribution >= 4 is 11.7 Å². The van der Waals surface area contributed by atoms with Gasteiger partial charge in [-0.1, -0.05) is 19.1 Å². The van der Waals surface area contributed by atoms with Crippen molar-refractivity contribution < 1.29 is 28.6 Å². The van der Waals surface area contributed by atoms with Crippen LogP contribution in [-0.2, 0) is 9.53 Å². The van der Waals surface area contributed by atoms with Gasteiger partial charge in [0, 0.05) is 26.2 Å². The van der Waals surface area contributed by atoms with Crippen molar-refractivity contribution in [1.82, 2.24) is 9.80 Å². The molecule has 0 radical (unpaired) electrons. The number of carbonyl (C=O) groups excluding carboxylic acids is 2. The van der Waals surface area contributed by atoms with Crippen molar-refractivity contribution in [3.05, 3.63) is 65.3 Å². The van der Waals surface area contributed by atoms with Crippen molar-refractivity contribution in [3.63, 3.8) is 0 Å². The van der Waals surface area contributed by atoms with Gasteiger partial charge in [0.2, 0.25) is 5.78 Å². The van der Waals surface area contributed by atoms with Crippen molar-refractivity contribution in [2.24, 2.45) is 0 Å². The average Bonchev–Trinajstić information content (AvgIpc) is 3.45. The zero-order valence-corrected chi connectivity index (χ0v) is 18.2. The van der Waals surface area contributed by atoms with Gasteiger partial charge in [-0.2, -0.15) is 0 Å². The molecule has 1 N–H and O–H groups in total. The molecule has 4 rings (SSSR count). The maximum absolute atomic E-state index is 13.2. The fourth-order valence-electron chi connectivity index (χ4n) is 4.04. The van der Waals surface area contributed by atoms with E-state index in [1.807, 2.05) is 31.2 Å². The van der Waals surface area contributed by atoms with Crippen molar-refractivity contribution in [1.29, 1.82) is 0 Å². The maximum atomic E-state index is 13.2. The van der Waals surface area contributed by atoms with Gasteiger partial charge >= 0.3 is 0 Å². The molecule has 2 aromatic rings. The highest BCUT2D eigenvalue weighted by atomic mass is 16.5. The summed E-state index contributed by atoms with van der Waals surface area (Å²) in [5.74, 6) is -0.769. The fraction of sp³-hybridized carbons (Fsp3) is 0.417. The molecule has 170 valence electrons. The van der Waals surface area contributed by atoms with Gasteiger partial charge in [-0.25, -0.2) is 0 Å². The summed E-state index contributed by atoms with van der Waals surface area (Å²) in [7, 11) is 0. The van der Waals surface area contributed by atoms with E-state index < -0.39 is 23.5 Å². The molecular formula is C24H28N2O6. The van der Waals surface area contributed by atoms with Gasteiger partial charge < -0.3 is 23.9 Å². The zero-order chi connectivity index (χ0) is 22.5. The van der Waals surface area contributed by atoms with Crippen LogP contribution in [0, 0.1) is 0 Å². The lowest BCUT2D eigenvalue weighted by Gasteiger charge is -2.31. The summed E-state index contributed by atoms with van der Waals surface area (Å²) in [5, 5.41) is 10.7. The second kappa shape index (κ2) is 10.0. The highest BCUT2D eigenvalue weighted by Gasteiger charge is 2.44. The third kappa shape index (κ3) is 4.56. The SMILES string of the molecule is CCCOc1ccc(C2C(C(=O)c3ccco3)=C(O)C(=O)N2CCN2CCOCC2)cc1. The Morgan fingerprint density at radius 1 is 1.16 bits per heavy atom. The number of hydrogen-bond acceptors (Lipinski definition) is 7. The van der Waals surface area contributed by atoms with Crippen LogP contribution < -0.4 is 4.74 Å². The van der Waals surface area contributed by atoms with E-state index >= 15 is 0 Å². The first-order valence-corrected chi connectivity index (χ1v) is 10.9. The van der Waals surface area contributed by atoms with Gasteiger partial charge in [0.1, 0.15) is 5.75 Å². The predicted octanol–water partition coefficient (Wildman–Crippen LogP) is 2.98. The monoisotopic (exact) mass is 440 g/mol. The molecule has 8 heteroatoms. The van der Waals surface area contributed by atoms with Crippen molar-refractivity contribution in [2.75, 3.05) is 46.0 Å². The maximum Gasteiger partial charge on any atom is 0.290 e. The number of hydrogen-bond donors (Lipinski definition) is 1. The topological polar surface area (TPSA) is 92.5 Å². The highest BCUT2D eigenvalue weighted by Crippen LogP contribution is 2.39. The number of aliphatic hydroxyl groups is 1. The van der Waals surface area contributed by atoms with Crippen LogP contribution in [0.1, 0.15) is 35.5 Å². The molecule has 1 atom stereocenters. The lowest BCUT2D eigenvalue weighted by molar-refractivity contribution is -0.129. The molecule has 0 saturated carbocycles. The van der Waals surface area contributed by atoms with E-state index in [0.29, 0.717) is 38.7 Å². The number of nitrogens with zero attached hydrogens (tertiary/aromatic N) is 2. The Hall–Kier alpha value is -3.10. The van der Waals surface area contributed by atoms with Gasteiger partial charge in [0.25, 0.3) is 5.91 Å². The summed E-state index contributed by atoms with van der Waals surface area (Å²) in [4.78, 5) is 30.0. The van der Waals surface area contributed by atoms with E-state index in [4.69, 9.17) is 13.9 Å². The Balaban J connectivity index is 1.63. The Bertz CT molecular complexity index is 961. The molecule has 0 aliphatic carbocycles. The number of ether oxygens (including phenoxy) is 2. The van der Waals surface area contributed by atoms with Crippen LogP contribution in [0.3, 0.4) is 0 Å². The summed E-state index contributed by atoms with van der Waals surface area (Å²) in [6.07, 6.45) is 2.29. The van der Waals surface area contributed by atoms with Crippen LogP contribution in [0.4, 0.5) is 0 Å². The zero-order valence-electron chi connectivity index (χ0n) is 18.2. The number of carbonyl (C=O) groups is 2. The molecule has 1 fully saturated rings. The highest BCUT2D eigenvalue weighted by molar-refractivity contribution is 6.15. The first kappa shape index (κ1) is 22.1. The molecule has 1 aromatic heterocycles. The van der Waals surface area contributed by atoms with E-state index in [0.717, 1.165) is 25.1 Å². The molecule has 0 spiro atoms. The lowest BCUT2D eigenvalue weighted by Crippen LogP contribution is -2.43. The van der Waals surface area contributed by atoms with Gasteiger partial charge in [-0.05, 0) is 36.2 Å². The Labute approximate surface area is 187 Å². The normalized spacial score (nSPS) is 19.6. The molecule has 1 aromatic carbocycles. The summed E-state index contributed by atoms with van der Waals surface area (Å²) < 4.78 is 16.3. The second-order valence-electron chi connectivity index (χ2n) is 7.84. The molecule has 32 heavy (non-hydrogen) atoms. The molecular weight excluding hydrogens is 412 g/mol. The van der Waals surface area contributed by atoms with Crippen LogP contribution in [0.5, 0.6) is 5.75 Å². The molecule has 3 heterocycles. The lowest BCUT2D eigenvalue weighted by atomic mass is 9.95. The second-order valence-corrected chi connectivity index (χ2v) is 7.84. The third-order valence-corrected chi connectivity index (χ3v) is 5.72. The smallest absolute Gasteiger partial charge is 0.290 e. The molecule has 8 nitrogen and oxygen atoms in total. The Morgan fingerprint density at radius 3 is 2.56 bits per heavy atom. The molecule has 1 amide bonds. The molecule has 1 unspecified atom stereocenters. The van der Waals surface area contributed by atoms with Crippen molar-refractivity contribution in [2.45, 2.75) is 19.4 Å². The minimum atomic E-state index is -0.707. The van der Waals surface area contributed by atoms with Crippen LogP contribution in [0.15, 0.2) is 58.4 Å². The van der Waals surface area contributed by atoms with E-state index in [-0.39, 0.29) is 11.3 Å². The van der Waals surface area contributed by atoms with Crippen LogP contribution >= 0.6 is 0 Å². The Morgan fingerprint density at radius 2 is 1.91 bits per heavy atom. The molecule has 2 aliphatic rings.